The van der Waals surface area contributed by atoms with Crippen LogP contribution in [0.3, 0.4) is 0 Å². The van der Waals surface area contributed by atoms with Gasteiger partial charge in [-0.25, -0.2) is 3.11 Å². The predicted molar refractivity (Wildman–Crippen MR) is 52.0 cm³/mol. The summed E-state index contributed by atoms with van der Waals surface area (Å²) in [4.78, 5) is 0. The molecule has 0 amide bonds. The normalized spacial score (nSPS) is 34.2. The van der Waals surface area contributed by atoms with Gasteiger partial charge in [0.15, 0.2) is 0 Å². The van der Waals surface area contributed by atoms with Gasteiger partial charge in [0.1, 0.15) is 0 Å². The minimum Gasteiger partial charge on any atom is -0.327 e. The van der Waals surface area contributed by atoms with Gasteiger partial charge in [-0.05, 0) is 11.8 Å². The van der Waals surface area contributed by atoms with Crippen molar-refractivity contribution in [2.45, 2.75) is 26.3 Å². The highest BCUT2D eigenvalue weighted by atomic mass is 127. The monoisotopic (exact) mass is 254 g/mol. The van der Waals surface area contributed by atoms with E-state index in [-0.39, 0.29) is 0 Å². The molecular formula is C7H15IN2. The van der Waals surface area contributed by atoms with E-state index >= 15 is 0 Å². The van der Waals surface area contributed by atoms with Crippen LogP contribution in [0.25, 0.3) is 0 Å². The Morgan fingerprint density at radius 3 is 2.60 bits per heavy atom. The maximum absolute atomic E-state index is 5.94. The van der Waals surface area contributed by atoms with E-state index in [0.717, 1.165) is 19.5 Å². The maximum atomic E-state index is 5.94. The zero-order valence-corrected chi connectivity index (χ0v) is 8.76. The highest BCUT2D eigenvalue weighted by Crippen LogP contribution is 2.28. The van der Waals surface area contributed by atoms with Crippen LogP contribution in [0.1, 0.15) is 20.3 Å². The van der Waals surface area contributed by atoms with Gasteiger partial charge in [0.05, 0.1) is 0 Å². The van der Waals surface area contributed by atoms with Crippen molar-refractivity contribution in [3.8, 4) is 0 Å². The Labute approximate surface area is 76.6 Å². The molecule has 0 aromatic heterocycles. The molecule has 0 aromatic carbocycles. The number of nitrogens with two attached hydrogens (primary N) is 1. The summed E-state index contributed by atoms with van der Waals surface area (Å²) in [6, 6.07) is 0.388. The molecule has 0 spiro atoms. The first kappa shape index (κ1) is 8.74. The summed E-state index contributed by atoms with van der Waals surface area (Å²) >= 11 is 2.37. The van der Waals surface area contributed by atoms with E-state index in [1.54, 1.807) is 0 Å². The van der Waals surface area contributed by atoms with Crippen LogP contribution in [0.2, 0.25) is 0 Å². The van der Waals surface area contributed by atoms with Gasteiger partial charge in [-0.2, -0.15) is 0 Å². The van der Waals surface area contributed by atoms with E-state index < -0.39 is 0 Å². The van der Waals surface area contributed by atoms with Crippen LogP contribution in [-0.2, 0) is 0 Å². The fraction of sp³-hybridized carbons (Fsp3) is 1.00. The van der Waals surface area contributed by atoms with Crippen LogP contribution in [-0.4, -0.2) is 22.2 Å². The Hall–Kier alpha value is 0.650. The third kappa shape index (κ3) is 1.83. The van der Waals surface area contributed by atoms with Crippen molar-refractivity contribution < 1.29 is 0 Å². The van der Waals surface area contributed by atoms with Gasteiger partial charge in [-0.15, -0.1) is 0 Å². The van der Waals surface area contributed by atoms with Crippen molar-refractivity contribution >= 4 is 22.9 Å². The van der Waals surface area contributed by atoms with Gasteiger partial charge < -0.3 is 5.73 Å². The summed E-state index contributed by atoms with van der Waals surface area (Å²) in [6.07, 6.45) is 1.13. The lowest BCUT2D eigenvalue weighted by Crippen LogP contribution is -2.49. The zero-order chi connectivity index (χ0) is 7.78. The van der Waals surface area contributed by atoms with Gasteiger partial charge in [0.25, 0.3) is 0 Å². The summed E-state index contributed by atoms with van der Waals surface area (Å²) in [7, 11) is 0. The van der Waals surface area contributed by atoms with Crippen molar-refractivity contribution in [1.82, 2.24) is 3.11 Å². The molecule has 0 saturated carbocycles. The Balaban J connectivity index is 2.55. The second-order valence-corrected chi connectivity index (χ2v) is 5.09. The molecule has 1 heterocycles. The van der Waals surface area contributed by atoms with Gasteiger partial charge in [0, 0.05) is 42.0 Å². The average Bonchev–Trinajstić information content (AvgIpc) is 1.78. The lowest BCUT2D eigenvalue weighted by atomic mass is 9.81. The van der Waals surface area contributed by atoms with Crippen molar-refractivity contribution in [2.24, 2.45) is 11.1 Å². The van der Waals surface area contributed by atoms with E-state index in [1.165, 1.54) is 0 Å². The molecule has 0 unspecified atom stereocenters. The zero-order valence-electron chi connectivity index (χ0n) is 6.60. The first-order chi connectivity index (χ1) is 4.52. The van der Waals surface area contributed by atoms with Gasteiger partial charge >= 0.3 is 0 Å². The van der Waals surface area contributed by atoms with E-state index in [0.29, 0.717) is 11.5 Å². The highest BCUT2D eigenvalue weighted by Gasteiger charge is 2.32. The minimum atomic E-state index is 0.305. The molecule has 1 fully saturated rings. The third-order valence-electron chi connectivity index (χ3n) is 2.27. The standard InChI is InChI=1S/C7H15IN2/c1-7(2)5-10(8)4-3-6(7)9/h6H,3-5,9H2,1-2H3/t6-/m0/s1. The van der Waals surface area contributed by atoms with Crippen LogP contribution in [0.4, 0.5) is 0 Å². The van der Waals surface area contributed by atoms with Crippen LogP contribution >= 0.6 is 22.9 Å². The number of halogens is 1. The molecule has 1 rings (SSSR count). The van der Waals surface area contributed by atoms with E-state index in [1.807, 2.05) is 0 Å². The number of hydrogen-bond acceptors (Lipinski definition) is 2. The maximum Gasteiger partial charge on any atom is 0.0201 e. The van der Waals surface area contributed by atoms with Crippen LogP contribution in [0.15, 0.2) is 0 Å². The summed E-state index contributed by atoms with van der Waals surface area (Å²) in [5, 5.41) is 0. The Morgan fingerprint density at radius 1 is 1.60 bits per heavy atom. The number of piperidine rings is 1. The molecular weight excluding hydrogens is 239 g/mol. The molecule has 60 valence electrons. The second kappa shape index (κ2) is 2.95. The molecule has 2 N–H and O–H groups in total. The van der Waals surface area contributed by atoms with Crippen LogP contribution in [0, 0.1) is 5.41 Å². The fourth-order valence-electron chi connectivity index (χ4n) is 1.31. The molecule has 0 radical (unpaired) electrons. The Morgan fingerprint density at radius 2 is 2.20 bits per heavy atom. The quantitative estimate of drug-likeness (QED) is 0.523. The van der Waals surface area contributed by atoms with Crippen molar-refractivity contribution in [3.63, 3.8) is 0 Å². The summed E-state index contributed by atoms with van der Waals surface area (Å²) < 4.78 is 2.32. The summed E-state index contributed by atoms with van der Waals surface area (Å²) in [5.41, 5.74) is 6.25. The first-order valence-corrected chi connectivity index (χ1v) is 4.65. The fourth-order valence-corrected chi connectivity index (χ4v) is 2.47. The first-order valence-electron chi connectivity index (χ1n) is 3.69. The van der Waals surface area contributed by atoms with Crippen LogP contribution in [0.5, 0.6) is 0 Å². The molecule has 0 bridgehead atoms. The molecule has 0 aliphatic carbocycles. The topological polar surface area (TPSA) is 29.3 Å². The van der Waals surface area contributed by atoms with E-state index in [2.05, 4.69) is 39.8 Å². The molecule has 1 aliphatic rings. The Bertz CT molecular complexity index is 125. The number of hydrogen-bond donors (Lipinski definition) is 1. The van der Waals surface area contributed by atoms with Crippen molar-refractivity contribution in [3.05, 3.63) is 0 Å². The second-order valence-electron chi connectivity index (χ2n) is 3.73. The van der Waals surface area contributed by atoms with Crippen molar-refractivity contribution in [1.29, 1.82) is 0 Å². The largest absolute Gasteiger partial charge is 0.327 e. The smallest absolute Gasteiger partial charge is 0.0201 e. The van der Waals surface area contributed by atoms with Gasteiger partial charge in [-0.1, -0.05) is 13.8 Å². The van der Waals surface area contributed by atoms with Gasteiger partial charge in [0.2, 0.25) is 0 Å². The SMILES string of the molecule is CC1(C)CN(I)CC[C@@H]1N. The van der Waals surface area contributed by atoms with Crippen LogP contribution < -0.4 is 5.73 Å². The molecule has 0 aromatic rings. The number of nitrogens with zero attached hydrogens (tertiary/aromatic N) is 1. The summed E-state index contributed by atoms with van der Waals surface area (Å²) in [5.74, 6) is 0. The number of rotatable bonds is 0. The average molecular weight is 254 g/mol. The molecule has 2 nitrogen and oxygen atoms in total. The molecule has 3 heteroatoms. The lowest BCUT2D eigenvalue weighted by molar-refractivity contribution is 0.175. The molecule has 10 heavy (non-hydrogen) atoms. The van der Waals surface area contributed by atoms with E-state index in [9.17, 15) is 0 Å². The molecule has 1 atom stereocenters. The lowest BCUT2D eigenvalue weighted by Gasteiger charge is -2.39. The highest BCUT2D eigenvalue weighted by molar-refractivity contribution is 14.1. The Kier molecular flexibility index (Phi) is 2.58. The third-order valence-corrected chi connectivity index (χ3v) is 3.09. The van der Waals surface area contributed by atoms with E-state index in [4.69, 9.17) is 5.73 Å². The van der Waals surface area contributed by atoms with Gasteiger partial charge in [-0.3, -0.25) is 0 Å². The van der Waals surface area contributed by atoms with Crippen molar-refractivity contribution in [2.75, 3.05) is 13.1 Å². The molecule has 1 aliphatic heterocycles. The molecule has 1 saturated heterocycles. The summed E-state index contributed by atoms with van der Waals surface area (Å²) in [6.45, 7) is 6.74. The predicted octanol–water partition coefficient (Wildman–Crippen LogP) is 1.40. The minimum absolute atomic E-state index is 0.305.